The van der Waals surface area contributed by atoms with Gasteiger partial charge in [-0.2, -0.15) is 0 Å². The minimum atomic E-state index is 0.734. The number of aromatic amines is 1. The Hall–Kier alpha value is -0.750. The van der Waals surface area contributed by atoms with Crippen LogP contribution in [0.1, 0.15) is 5.69 Å². The lowest BCUT2D eigenvalue weighted by Crippen LogP contribution is -2.00. The number of benzene rings is 1. The zero-order chi connectivity index (χ0) is 10.7. The fourth-order valence-electron chi connectivity index (χ4n) is 1.20. The molecule has 1 aromatic carbocycles. The van der Waals surface area contributed by atoms with Gasteiger partial charge in [-0.15, -0.1) is 0 Å². The number of aromatic nitrogens is 2. The molecule has 0 amide bonds. The van der Waals surface area contributed by atoms with Crippen LogP contribution < -0.4 is 5.32 Å². The van der Waals surface area contributed by atoms with Crippen molar-refractivity contribution in [1.29, 1.82) is 0 Å². The highest BCUT2D eigenvalue weighted by molar-refractivity contribution is 14.1. The zero-order valence-corrected chi connectivity index (χ0v) is 10.7. The van der Waals surface area contributed by atoms with Gasteiger partial charge < -0.3 is 10.3 Å². The van der Waals surface area contributed by atoms with Gasteiger partial charge in [0.1, 0.15) is 0 Å². The molecule has 1 heterocycles. The van der Waals surface area contributed by atoms with Crippen molar-refractivity contribution in [1.82, 2.24) is 9.97 Å². The third kappa shape index (κ3) is 2.85. The van der Waals surface area contributed by atoms with E-state index in [9.17, 15) is 0 Å². The minimum Gasteiger partial charge on any atom is -0.379 e. The van der Waals surface area contributed by atoms with E-state index < -0.39 is 0 Å². The zero-order valence-electron chi connectivity index (χ0n) is 7.80. The van der Waals surface area contributed by atoms with Gasteiger partial charge in [0.2, 0.25) is 0 Å². The number of hydrogen-bond acceptors (Lipinski definition) is 2. The maximum Gasteiger partial charge on any atom is 0.0922 e. The minimum absolute atomic E-state index is 0.734. The topological polar surface area (TPSA) is 40.7 Å². The summed E-state index contributed by atoms with van der Waals surface area (Å²) >= 11 is 8.12. The summed E-state index contributed by atoms with van der Waals surface area (Å²) in [6.45, 7) is 0.734. The van der Waals surface area contributed by atoms with Crippen molar-refractivity contribution in [3.05, 3.63) is 45.0 Å². The molecule has 0 bridgehead atoms. The molecule has 3 nitrogen and oxygen atoms in total. The Morgan fingerprint density at radius 1 is 1.47 bits per heavy atom. The molecule has 0 saturated heterocycles. The SMILES string of the molecule is Clc1ccc(NCc2cnc[nH]2)c(I)c1. The Morgan fingerprint density at radius 3 is 3.00 bits per heavy atom. The van der Waals surface area contributed by atoms with E-state index in [1.807, 2.05) is 18.2 Å². The van der Waals surface area contributed by atoms with E-state index in [-0.39, 0.29) is 0 Å². The van der Waals surface area contributed by atoms with Crippen molar-refractivity contribution in [3.8, 4) is 0 Å². The maximum absolute atomic E-state index is 5.87. The summed E-state index contributed by atoms with van der Waals surface area (Å²) < 4.78 is 1.11. The Bertz CT molecular complexity index is 442. The molecule has 0 fully saturated rings. The molecule has 0 atom stereocenters. The number of nitrogens with zero attached hydrogens (tertiary/aromatic N) is 1. The monoisotopic (exact) mass is 333 g/mol. The molecule has 0 aliphatic heterocycles. The highest BCUT2D eigenvalue weighted by atomic mass is 127. The first-order valence-corrected chi connectivity index (χ1v) is 5.87. The van der Waals surface area contributed by atoms with Gasteiger partial charge >= 0.3 is 0 Å². The van der Waals surface area contributed by atoms with Gasteiger partial charge in [-0.25, -0.2) is 4.98 Å². The summed E-state index contributed by atoms with van der Waals surface area (Å²) in [7, 11) is 0. The molecule has 0 aliphatic rings. The van der Waals surface area contributed by atoms with Crippen molar-refractivity contribution >= 4 is 39.9 Å². The molecular formula is C10H9ClIN3. The van der Waals surface area contributed by atoms with E-state index in [1.54, 1.807) is 12.5 Å². The maximum atomic E-state index is 5.87. The normalized spacial score (nSPS) is 10.3. The van der Waals surface area contributed by atoms with Crippen LogP contribution in [0.15, 0.2) is 30.7 Å². The summed E-state index contributed by atoms with van der Waals surface area (Å²) in [5.41, 5.74) is 2.13. The highest BCUT2D eigenvalue weighted by Gasteiger charge is 2.00. The average molecular weight is 334 g/mol. The van der Waals surface area contributed by atoms with Gasteiger partial charge in [0.25, 0.3) is 0 Å². The van der Waals surface area contributed by atoms with Crippen LogP contribution in [0, 0.1) is 3.57 Å². The van der Waals surface area contributed by atoms with Crippen LogP contribution in [0.5, 0.6) is 0 Å². The number of rotatable bonds is 3. The number of anilines is 1. The summed E-state index contributed by atoms with van der Waals surface area (Å²) in [5, 5.41) is 4.06. The second-order valence-electron chi connectivity index (χ2n) is 3.05. The molecule has 2 rings (SSSR count). The molecule has 0 unspecified atom stereocenters. The molecule has 5 heteroatoms. The van der Waals surface area contributed by atoms with Crippen molar-refractivity contribution in [3.63, 3.8) is 0 Å². The van der Waals surface area contributed by atoms with E-state index in [0.717, 1.165) is 26.5 Å². The van der Waals surface area contributed by atoms with Crippen molar-refractivity contribution in [2.45, 2.75) is 6.54 Å². The number of halogens is 2. The second kappa shape index (κ2) is 4.85. The van der Waals surface area contributed by atoms with Crippen LogP contribution in [-0.2, 0) is 6.54 Å². The molecule has 0 spiro atoms. The number of nitrogens with one attached hydrogen (secondary N) is 2. The summed E-state index contributed by atoms with van der Waals surface area (Å²) in [5.74, 6) is 0. The van der Waals surface area contributed by atoms with Gasteiger partial charge in [0.15, 0.2) is 0 Å². The van der Waals surface area contributed by atoms with Crippen LogP contribution in [0.2, 0.25) is 5.02 Å². The summed E-state index contributed by atoms with van der Waals surface area (Å²) in [6, 6.07) is 5.77. The first kappa shape index (κ1) is 10.8. The third-order valence-electron chi connectivity index (χ3n) is 1.96. The predicted octanol–water partition coefficient (Wildman–Crippen LogP) is 3.28. The van der Waals surface area contributed by atoms with E-state index in [4.69, 9.17) is 11.6 Å². The molecule has 15 heavy (non-hydrogen) atoms. The Balaban J connectivity index is 2.05. The third-order valence-corrected chi connectivity index (χ3v) is 3.08. The predicted molar refractivity (Wildman–Crippen MR) is 70.1 cm³/mol. The molecule has 0 saturated carbocycles. The standard InChI is InChI=1S/C10H9ClIN3/c11-7-1-2-10(9(12)3-7)14-5-8-4-13-6-15-8/h1-4,6,14H,5H2,(H,13,15). The molecule has 78 valence electrons. The van der Waals surface area contributed by atoms with Crippen molar-refractivity contribution in [2.75, 3.05) is 5.32 Å². The fourth-order valence-corrected chi connectivity index (χ4v) is 2.27. The van der Waals surface area contributed by atoms with E-state index in [1.165, 1.54) is 0 Å². The Kier molecular flexibility index (Phi) is 3.48. The van der Waals surface area contributed by atoms with E-state index >= 15 is 0 Å². The second-order valence-corrected chi connectivity index (χ2v) is 4.65. The van der Waals surface area contributed by atoms with Gasteiger partial charge in [0.05, 0.1) is 18.6 Å². The molecule has 0 radical (unpaired) electrons. The van der Waals surface area contributed by atoms with Crippen molar-refractivity contribution < 1.29 is 0 Å². The Morgan fingerprint density at radius 2 is 2.33 bits per heavy atom. The highest BCUT2D eigenvalue weighted by Crippen LogP contribution is 2.22. The van der Waals surface area contributed by atoms with Crippen LogP contribution in [0.3, 0.4) is 0 Å². The Labute approximate surface area is 106 Å². The van der Waals surface area contributed by atoms with Crippen molar-refractivity contribution in [2.24, 2.45) is 0 Å². The largest absolute Gasteiger partial charge is 0.379 e. The summed E-state index contributed by atoms with van der Waals surface area (Å²) in [4.78, 5) is 6.99. The quantitative estimate of drug-likeness (QED) is 0.846. The van der Waals surface area contributed by atoms with Crippen LogP contribution in [-0.4, -0.2) is 9.97 Å². The molecule has 2 N–H and O–H groups in total. The number of imidazole rings is 1. The lowest BCUT2D eigenvalue weighted by atomic mass is 10.3. The lowest BCUT2D eigenvalue weighted by molar-refractivity contribution is 1.07. The average Bonchev–Trinajstić information content (AvgIpc) is 2.69. The molecule has 0 aliphatic carbocycles. The van der Waals surface area contributed by atoms with Gasteiger partial charge in [-0.05, 0) is 40.8 Å². The van der Waals surface area contributed by atoms with E-state index in [2.05, 4.69) is 37.9 Å². The first-order chi connectivity index (χ1) is 7.25. The number of hydrogen-bond donors (Lipinski definition) is 2. The van der Waals surface area contributed by atoms with Crippen LogP contribution in [0.4, 0.5) is 5.69 Å². The van der Waals surface area contributed by atoms with E-state index in [0.29, 0.717) is 0 Å². The number of H-pyrrole nitrogens is 1. The van der Waals surface area contributed by atoms with Gasteiger partial charge in [-0.1, -0.05) is 11.6 Å². The molecular weight excluding hydrogens is 324 g/mol. The molecule has 1 aromatic heterocycles. The fraction of sp³-hybridized carbons (Fsp3) is 0.100. The summed E-state index contributed by atoms with van der Waals surface area (Å²) in [6.07, 6.45) is 3.47. The van der Waals surface area contributed by atoms with Crippen LogP contribution in [0.25, 0.3) is 0 Å². The molecule has 2 aromatic rings. The smallest absolute Gasteiger partial charge is 0.0922 e. The van der Waals surface area contributed by atoms with Gasteiger partial charge in [-0.3, -0.25) is 0 Å². The van der Waals surface area contributed by atoms with Gasteiger partial charge in [0, 0.05) is 20.5 Å². The lowest BCUT2D eigenvalue weighted by Gasteiger charge is -2.07. The van der Waals surface area contributed by atoms with Crippen LogP contribution >= 0.6 is 34.2 Å². The first-order valence-electron chi connectivity index (χ1n) is 4.42.